The lowest BCUT2D eigenvalue weighted by atomic mass is 10.1. The van der Waals surface area contributed by atoms with E-state index in [9.17, 15) is 9.59 Å². The second kappa shape index (κ2) is 13.2. The molecule has 2 aromatic heterocycles. The Balaban J connectivity index is 1.31. The van der Waals surface area contributed by atoms with E-state index in [1.165, 1.54) is 0 Å². The first-order valence-corrected chi connectivity index (χ1v) is 14.8. The lowest BCUT2D eigenvalue weighted by Crippen LogP contribution is -2.47. The minimum absolute atomic E-state index is 0.104. The summed E-state index contributed by atoms with van der Waals surface area (Å²) in [7, 11) is 3.38. The molecule has 1 aromatic carbocycles. The zero-order valence-corrected chi connectivity index (χ0v) is 25.5. The monoisotopic (exact) mass is 588 g/mol. The molecule has 1 fully saturated rings. The van der Waals surface area contributed by atoms with E-state index in [1.807, 2.05) is 42.3 Å². The van der Waals surface area contributed by atoms with Gasteiger partial charge in [0.25, 0.3) is 0 Å². The summed E-state index contributed by atoms with van der Waals surface area (Å²) in [6.45, 7) is 10.4. The maximum Gasteiger partial charge on any atom is 0.324 e. The Hall–Kier alpha value is -4.45. The number of hydrogen-bond donors (Lipinski definition) is 1. The molecule has 0 radical (unpaired) electrons. The van der Waals surface area contributed by atoms with Gasteiger partial charge in [-0.2, -0.15) is 4.98 Å². The Labute approximate surface area is 252 Å². The number of ether oxygens (including phenoxy) is 2. The number of amides is 3. The number of aromatic nitrogens is 3. The quantitative estimate of drug-likeness (QED) is 0.368. The molecule has 0 unspecified atom stereocenters. The van der Waals surface area contributed by atoms with Crippen molar-refractivity contribution in [3.05, 3.63) is 42.7 Å². The molecule has 0 bridgehead atoms. The van der Waals surface area contributed by atoms with Gasteiger partial charge >= 0.3 is 6.03 Å². The van der Waals surface area contributed by atoms with Crippen LogP contribution in [0.5, 0.6) is 11.8 Å². The van der Waals surface area contributed by atoms with E-state index in [2.05, 4.69) is 45.9 Å². The normalized spacial score (nSPS) is 16.2. The molecule has 1 saturated heterocycles. The summed E-state index contributed by atoms with van der Waals surface area (Å²) >= 11 is 0. The summed E-state index contributed by atoms with van der Waals surface area (Å²) in [5.74, 6) is 1.28. The minimum atomic E-state index is -0.104. The first-order valence-electron chi connectivity index (χ1n) is 14.8. The number of likely N-dealkylation sites (N-methyl/N-ethyl adjacent to an activating group) is 2. The average molecular weight is 589 g/mol. The number of nitrogens with zero attached hydrogens (tertiary/aromatic N) is 7. The fourth-order valence-electron chi connectivity index (χ4n) is 5.44. The number of carbonyl (C=O) groups is 2. The third-order valence-corrected chi connectivity index (χ3v) is 8.03. The van der Waals surface area contributed by atoms with Crippen LogP contribution in [0.1, 0.15) is 33.6 Å². The molecule has 228 valence electrons. The van der Waals surface area contributed by atoms with Crippen LogP contribution in [0.4, 0.5) is 27.8 Å². The Kier molecular flexibility index (Phi) is 9.24. The number of methoxy groups -OCH3 is 1. The number of rotatable bonds is 10. The van der Waals surface area contributed by atoms with Crippen LogP contribution < -0.4 is 24.6 Å². The van der Waals surface area contributed by atoms with Crippen LogP contribution in [0.3, 0.4) is 0 Å². The highest BCUT2D eigenvalue weighted by atomic mass is 16.5. The van der Waals surface area contributed by atoms with Crippen LogP contribution in [0.2, 0.25) is 0 Å². The largest absolute Gasteiger partial charge is 0.480 e. The predicted molar refractivity (Wildman–Crippen MR) is 166 cm³/mol. The number of nitrogens with one attached hydrogen (secondary N) is 1. The van der Waals surface area contributed by atoms with Gasteiger partial charge in [0.2, 0.25) is 23.6 Å². The van der Waals surface area contributed by atoms with Crippen molar-refractivity contribution in [2.45, 2.75) is 39.7 Å². The molecule has 0 aliphatic carbocycles. The summed E-state index contributed by atoms with van der Waals surface area (Å²) in [5.41, 5.74) is 3.67. The molecule has 3 amide bonds. The van der Waals surface area contributed by atoms with Crippen molar-refractivity contribution in [3.8, 4) is 22.9 Å². The van der Waals surface area contributed by atoms with E-state index in [0.29, 0.717) is 55.2 Å². The molecule has 43 heavy (non-hydrogen) atoms. The zero-order chi connectivity index (χ0) is 30.5. The fourth-order valence-corrected chi connectivity index (χ4v) is 5.44. The zero-order valence-electron chi connectivity index (χ0n) is 25.5. The van der Waals surface area contributed by atoms with Gasteiger partial charge in [-0.1, -0.05) is 26.0 Å². The SMILES string of the molecule is CCN(CC)CCN(C)C(=O)N1CCOc2ncc(Nc3ncc(-c4ccc(N5C(=O)CC[C@H]5C)cc4)c(OC)n3)cc21. The van der Waals surface area contributed by atoms with Gasteiger partial charge < -0.3 is 29.5 Å². The first kappa shape index (κ1) is 30.0. The molecule has 4 heterocycles. The van der Waals surface area contributed by atoms with Crippen LogP contribution in [-0.4, -0.2) is 96.2 Å². The topological polar surface area (TPSA) is 116 Å². The minimum Gasteiger partial charge on any atom is -0.480 e. The third-order valence-electron chi connectivity index (χ3n) is 8.03. The van der Waals surface area contributed by atoms with E-state index in [-0.39, 0.29) is 18.0 Å². The Bertz CT molecular complexity index is 1450. The van der Waals surface area contributed by atoms with E-state index < -0.39 is 0 Å². The van der Waals surface area contributed by atoms with Crippen molar-refractivity contribution in [1.82, 2.24) is 24.8 Å². The summed E-state index contributed by atoms with van der Waals surface area (Å²) in [5, 5.41) is 3.18. The molecule has 12 heteroatoms. The highest BCUT2D eigenvalue weighted by molar-refractivity contribution is 5.96. The van der Waals surface area contributed by atoms with Crippen molar-refractivity contribution >= 4 is 34.9 Å². The van der Waals surface area contributed by atoms with Crippen LogP contribution in [-0.2, 0) is 4.79 Å². The number of fused-ring (bicyclic) bond motifs is 1. The van der Waals surface area contributed by atoms with Crippen LogP contribution >= 0.6 is 0 Å². The second-order valence-corrected chi connectivity index (χ2v) is 10.7. The lowest BCUT2D eigenvalue weighted by Gasteiger charge is -2.33. The van der Waals surface area contributed by atoms with Gasteiger partial charge in [0, 0.05) is 44.5 Å². The van der Waals surface area contributed by atoms with Crippen LogP contribution in [0.15, 0.2) is 42.7 Å². The Morgan fingerprint density at radius 1 is 1.14 bits per heavy atom. The maximum atomic E-state index is 13.4. The highest BCUT2D eigenvalue weighted by Crippen LogP contribution is 2.35. The lowest BCUT2D eigenvalue weighted by molar-refractivity contribution is -0.117. The average Bonchev–Trinajstić information content (AvgIpc) is 3.37. The van der Waals surface area contributed by atoms with E-state index in [1.54, 1.807) is 29.3 Å². The molecule has 2 aliphatic heterocycles. The summed E-state index contributed by atoms with van der Waals surface area (Å²) in [6, 6.07) is 9.67. The van der Waals surface area contributed by atoms with Crippen molar-refractivity contribution in [1.29, 1.82) is 0 Å². The second-order valence-electron chi connectivity index (χ2n) is 10.7. The molecular formula is C31H40N8O4. The van der Waals surface area contributed by atoms with Crippen molar-refractivity contribution in [3.63, 3.8) is 0 Å². The number of pyridine rings is 1. The van der Waals surface area contributed by atoms with Gasteiger partial charge in [-0.25, -0.2) is 14.8 Å². The highest BCUT2D eigenvalue weighted by Gasteiger charge is 2.29. The maximum absolute atomic E-state index is 13.4. The molecule has 12 nitrogen and oxygen atoms in total. The number of benzene rings is 1. The Morgan fingerprint density at radius 2 is 1.91 bits per heavy atom. The molecule has 2 aliphatic rings. The van der Waals surface area contributed by atoms with Gasteiger partial charge in [-0.05, 0) is 50.2 Å². The van der Waals surface area contributed by atoms with Gasteiger partial charge in [-0.3, -0.25) is 9.69 Å². The smallest absolute Gasteiger partial charge is 0.324 e. The van der Waals surface area contributed by atoms with Gasteiger partial charge in [-0.15, -0.1) is 0 Å². The van der Waals surface area contributed by atoms with Gasteiger partial charge in [0.15, 0.2) is 0 Å². The number of anilines is 4. The standard InChI is InChI=1S/C31H40N8O4/c1-6-37(7-2)15-14-36(4)31(41)38-16-17-43-29-26(38)18-23(19-32-29)34-30-33-20-25(28(35-30)42-5)22-9-11-24(12-10-22)39-21(3)8-13-27(39)40/h9-12,18-21H,6-8,13-17H2,1-5H3,(H,33,34,35)/t21-/m1/s1. The number of hydrogen-bond acceptors (Lipinski definition) is 9. The fraction of sp³-hybridized carbons (Fsp3) is 0.452. The van der Waals surface area contributed by atoms with E-state index in [0.717, 1.165) is 42.9 Å². The molecule has 1 atom stereocenters. The van der Waals surface area contributed by atoms with Gasteiger partial charge in [0.1, 0.15) is 12.3 Å². The molecule has 0 saturated carbocycles. The molecular weight excluding hydrogens is 548 g/mol. The number of urea groups is 1. The van der Waals surface area contributed by atoms with Crippen molar-refractivity contribution < 1.29 is 19.1 Å². The molecule has 1 N–H and O–H groups in total. The van der Waals surface area contributed by atoms with Crippen molar-refractivity contribution in [2.75, 3.05) is 68.6 Å². The molecule has 3 aromatic rings. The third kappa shape index (κ3) is 6.48. The van der Waals surface area contributed by atoms with Crippen molar-refractivity contribution in [2.24, 2.45) is 0 Å². The van der Waals surface area contributed by atoms with E-state index >= 15 is 0 Å². The first-order chi connectivity index (χ1) is 20.8. The molecule has 5 rings (SSSR count). The van der Waals surface area contributed by atoms with Crippen LogP contribution in [0, 0.1) is 0 Å². The van der Waals surface area contributed by atoms with Gasteiger partial charge in [0.05, 0.1) is 31.1 Å². The van der Waals surface area contributed by atoms with E-state index in [4.69, 9.17) is 9.47 Å². The summed E-state index contributed by atoms with van der Waals surface area (Å²) in [4.78, 5) is 46.8. The summed E-state index contributed by atoms with van der Waals surface area (Å²) < 4.78 is 11.4. The van der Waals surface area contributed by atoms with Crippen LogP contribution in [0.25, 0.3) is 11.1 Å². The summed E-state index contributed by atoms with van der Waals surface area (Å²) in [6.07, 6.45) is 4.77. The molecule has 0 spiro atoms. The predicted octanol–water partition coefficient (Wildman–Crippen LogP) is 4.40. The Morgan fingerprint density at radius 3 is 2.58 bits per heavy atom. The number of carbonyl (C=O) groups excluding carboxylic acids is 2.